The molecule has 0 bridgehead atoms. The van der Waals surface area contributed by atoms with E-state index in [4.69, 9.17) is 0 Å². The molecule has 5 heteroatoms. The van der Waals surface area contributed by atoms with Crippen molar-refractivity contribution in [1.29, 1.82) is 0 Å². The Bertz CT molecular complexity index is 91.5. The normalized spacial score (nSPS) is 7.00. The van der Waals surface area contributed by atoms with E-state index in [1.807, 2.05) is 0 Å². The van der Waals surface area contributed by atoms with Crippen LogP contribution in [0.2, 0.25) is 0 Å². The van der Waals surface area contributed by atoms with Crippen LogP contribution in [0, 0.1) is 0 Å². The maximum absolute atomic E-state index is 9.73. The van der Waals surface area contributed by atoms with Crippen LogP contribution in [0.1, 0.15) is 6.42 Å². The molecule has 0 aliphatic rings. The topological polar surface area (TPSA) is 86.2 Å². The second-order valence-electron chi connectivity index (χ2n) is 1.11. The van der Waals surface area contributed by atoms with E-state index in [0.29, 0.717) is 0 Å². The Morgan fingerprint density at radius 3 is 1.38 bits per heavy atom. The van der Waals surface area contributed by atoms with Gasteiger partial charge in [-0.25, -0.2) is 0 Å². The Morgan fingerprint density at radius 1 is 1.12 bits per heavy atom. The van der Waals surface area contributed by atoms with E-state index < -0.39 is 11.8 Å². The summed E-state index contributed by atoms with van der Waals surface area (Å²) < 4.78 is 0. The summed E-state index contributed by atoms with van der Waals surface area (Å²) in [6.45, 7) is 0. The molecule has 0 unspecified atom stereocenters. The molecule has 0 rings (SSSR count). The molecule has 0 atom stereocenters. The van der Waals surface area contributed by atoms with Crippen molar-refractivity contribution < 1.29 is 9.59 Å². The zero-order chi connectivity index (χ0) is 5.86. The molecule has 0 aliphatic carbocycles. The van der Waals surface area contributed by atoms with Crippen LogP contribution in [-0.4, -0.2) is 41.4 Å². The van der Waals surface area contributed by atoms with Crippen molar-refractivity contribution >= 4 is 41.4 Å². The molecule has 4 N–H and O–H groups in total. The van der Waals surface area contributed by atoms with Crippen LogP contribution in [0.3, 0.4) is 0 Å². The van der Waals surface area contributed by atoms with Gasteiger partial charge >= 0.3 is 29.6 Å². The first-order valence-electron chi connectivity index (χ1n) is 1.69. The third kappa shape index (κ3) is 9.34. The van der Waals surface area contributed by atoms with Gasteiger partial charge in [0.05, 0.1) is 0 Å². The first-order chi connectivity index (χ1) is 3.13. The molecule has 0 aromatic carbocycles. The number of amides is 2. The van der Waals surface area contributed by atoms with E-state index >= 15 is 0 Å². The Hall–Kier alpha value is -0.0600. The molecule has 0 fully saturated rings. The quantitative estimate of drug-likeness (QED) is 0.322. The number of hydrogen-bond donors (Lipinski definition) is 2. The zero-order valence-corrected chi connectivity index (χ0v) is 3.68. The zero-order valence-electron chi connectivity index (χ0n) is 3.68. The van der Waals surface area contributed by atoms with Gasteiger partial charge in [0.2, 0.25) is 11.8 Å². The van der Waals surface area contributed by atoms with Crippen LogP contribution in [-0.2, 0) is 9.59 Å². The summed E-state index contributed by atoms with van der Waals surface area (Å²) in [5.74, 6) is -1.37. The van der Waals surface area contributed by atoms with Crippen LogP contribution < -0.4 is 11.5 Å². The van der Waals surface area contributed by atoms with Gasteiger partial charge in [-0.2, -0.15) is 0 Å². The molecule has 4 nitrogen and oxygen atoms in total. The number of carbonyl (C=O) groups excluding carboxylic acids is 2. The molecule has 8 heavy (non-hydrogen) atoms. The standard InChI is InChI=1S/C3H6N2O2.Na.H/c4-2(6)1-3(5)7;;/h1H2,(H2,4,6)(H2,5,7);;. The minimum atomic E-state index is -0.687. The number of hydrogen-bond acceptors (Lipinski definition) is 2. The van der Waals surface area contributed by atoms with Crippen LogP contribution in [0.25, 0.3) is 0 Å². The van der Waals surface area contributed by atoms with Gasteiger partial charge < -0.3 is 11.5 Å². The molecule has 0 aromatic heterocycles. The molecule has 0 radical (unpaired) electrons. The summed E-state index contributed by atoms with van der Waals surface area (Å²) in [4.78, 5) is 19.5. The number of nitrogens with two attached hydrogens (primary N) is 2. The Balaban J connectivity index is 0. The van der Waals surface area contributed by atoms with E-state index in [9.17, 15) is 9.59 Å². The van der Waals surface area contributed by atoms with Crippen molar-refractivity contribution in [1.82, 2.24) is 0 Å². The van der Waals surface area contributed by atoms with Crippen molar-refractivity contribution in [2.24, 2.45) is 11.5 Å². The second kappa shape index (κ2) is 5.08. The third-order valence-corrected chi connectivity index (χ3v) is 0.348. The monoisotopic (exact) mass is 126 g/mol. The summed E-state index contributed by atoms with van der Waals surface area (Å²) in [5.41, 5.74) is 9.11. The van der Waals surface area contributed by atoms with Crippen LogP contribution in [0.4, 0.5) is 0 Å². The molecule has 0 aromatic rings. The Labute approximate surface area is 68.9 Å². The molecule has 0 saturated heterocycles. The van der Waals surface area contributed by atoms with E-state index in [-0.39, 0.29) is 36.0 Å². The second-order valence-corrected chi connectivity index (χ2v) is 1.11. The van der Waals surface area contributed by atoms with Crippen molar-refractivity contribution in [3.63, 3.8) is 0 Å². The van der Waals surface area contributed by atoms with Crippen LogP contribution >= 0.6 is 0 Å². The molecular formula is C3H7N2NaO2. The van der Waals surface area contributed by atoms with Gasteiger partial charge in [-0.1, -0.05) is 0 Å². The van der Waals surface area contributed by atoms with Crippen LogP contribution in [0.15, 0.2) is 0 Å². The number of primary amides is 2. The summed E-state index contributed by atoms with van der Waals surface area (Å²) in [5, 5.41) is 0. The predicted molar refractivity (Wildman–Crippen MR) is 30.2 cm³/mol. The molecule has 2 amide bonds. The average Bonchev–Trinajstić information content (AvgIpc) is 1.27. The molecular weight excluding hydrogens is 119 g/mol. The Kier molecular flexibility index (Phi) is 6.89. The van der Waals surface area contributed by atoms with Crippen molar-refractivity contribution in [3.8, 4) is 0 Å². The van der Waals surface area contributed by atoms with Crippen molar-refractivity contribution in [2.45, 2.75) is 6.42 Å². The fourth-order valence-corrected chi connectivity index (χ4v) is 0.172. The molecule has 0 heterocycles. The third-order valence-electron chi connectivity index (χ3n) is 0.348. The van der Waals surface area contributed by atoms with Crippen molar-refractivity contribution in [3.05, 3.63) is 0 Å². The fourth-order valence-electron chi connectivity index (χ4n) is 0.172. The van der Waals surface area contributed by atoms with Gasteiger partial charge in [-0.3, -0.25) is 9.59 Å². The summed E-state index contributed by atoms with van der Waals surface area (Å²) >= 11 is 0. The number of carbonyl (C=O) groups is 2. The molecule has 0 spiro atoms. The van der Waals surface area contributed by atoms with Gasteiger partial charge in [0.25, 0.3) is 0 Å². The van der Waals surface area contributed by atoms with E-state index in [1.165, 1.54) is 0 Å². The predicted octanol–water partition coefficient (Wildman–Crippen LogP) is -2.30. The van der Waals surface area contributed by atoms with Gasteiger partial charge in [-0.15, -0.1) is 0 Å². The number of rotatable bonds is 2. The first kappa shape index (κ1) is 10.8. The van der Waals surface area contributed by atoms with Gasteiger partial charge in [0.1, 0.15) is 6.42 Å². The van der Waals surface area contributed by atoms with Crippen LogP contribution in [0.5, 0.6) is 0 Å². The molecule has 0 aliphatic heterocycles. The maximum atomic E-state index is 9.73. The van der Waals surface area contributed by atoms with Crippen molar-refractivity contribution in [2.75, 3.05) is 0 Å². The van der Waals surface area contributed by atoms with Gasteiger partial charge in [0, 0.05) is 0 Å². The van der Waals surface area contributed by atoms with E-state index in [1.54, 1.807) is 0 Å². The van der Waals surface area contributed by atoms with Gasteiger partial charge in [-0.05, 0) is 0 Å². The van der Waals surface area contributed by atoms with E-state index in [2.05, 4.69) is 11.5 Å². The SMILES string of the molecule is NC(=O)CC(N)=O.[NaH]. The molecule has 0 saturated carbocycles. The van der Waals surface area contributed by atoms with Gasteiger partial charge in [0.15, 0.2) is 0 Å². The summed E-state index contributed by atoms with van der Waals surface area (Å²) in [6.07, 6.45) is -0.361. The molecule has 42 valence electrons. The summed E-state index contributed by atoms with van der Waals surface area (Å²) in [7, 11) is 0. The fraction of sp³-hybridized carbons (Fsp3) is 0.333. The summed E-state index contributed by atoms with van der Waals surface area (Å²) in [6, 6.07) is 0. The minimum absolute atomic E-state index is 0. The Morgan fingerprint density at radius 2 is 1.38 bits per heavy atom. The first-order valence-corrected chi connectivity index (χ1v) is 1.69. The average molecular weight is 126 g/mol. The van der Waals surface area contributed by atoms with E-state index in [0.717, 1.165) is 0 Å².